The lowest BCUT2D eigenvalue weighted by molar-refractivity contribution is -0.275. The van der Waals surface area contributed by atoms with Crippen LogP contribution in [0.25, 0.3) is 0 Å². The van der Waals surface area contributed by atoms with Crippen LogP contribution in [0.5, 0.6) is 0 Å². The molecule has 0 saturated carbocycles. The van der Waals surface area contributed by atoms with Gasteiger partial charge in [0.2, 0.25) is 5.91 Å². The quantitative estimate of drug-likeness (QED) is 0.343. The highest BCUT2D eigenvalue weighted by atomic mass is 16.7. The van der Waals surface area contributed by atoms with Crippen LogP contribution in [0.15, 0.2) is 12.7 Å². The van der Waals surface area contributed by atoms with E-state index >= 15 is 0 Å². The van der Waals surface area contributed by atoms with E-state index < -0.39 is 54.5 Å². The molecule has 0 bridgehead atoms. The van der Waals surface area contributed by atoms with Crippen molar-refractivity contribution in [3.05, 3.63) is 12.7 Å². The summed E-state index contributed by atoms with van der Waals surface area (Å²) in [5.74, 6) is -2.34. The minimum atomic E-state index is -1.13. The van der Waals surface area contributed by atoms with E-state index in [0.29, 0.717) is 0 Å². The van der Waals surface area contributed by atoms with Gasteiger partial charge in [0.1, 0.15) is 18.8 Å². The Labute approximate surface area is 157 Å². The third kappa shape index (κ3) is 7.35. The van der Waals surface area contributed by atoms with Gasteiger partial charge in [-0.15, -0.1) is 6.58 Å². The highest BCUT2D eigenvalue weighted by Gasteiger charge is 2.51. The second-order valence-electron chi connectivity index (χ2n) is 5.84. The van der Waals surface area contributed by atoms with Crippen molar-refractivity contribution in [2.24, 2.45) is 0 Å². The molecule has 1 heterocycles. The molecule has 1 aliphatic rings. The number of hydrogen-bond donors (Lipinski definition) is 1. The Morgan fingerprint density at radius 3 is 2.07 bits per heavy atom. The Kier molecular flexibility index (Phi) is 8.89. The lowest BCUT2D eigenvalue weighted by Gasteiger charge is -2.44. The van der Waals surface area contributed by atoms with Gasteiger partial charge in [-0.1, -0.05) is 6.08 Å². The molecule has 5 atom stereocenters. The summed E-state index contributed by atoms with van der Waals surface area (Å²) in [5, 5.41) is 2.59. The Morgan fingerprint density at radius 2 is 1.59 bits per heavy atom. The van der Waals surface area contributed by atoms with Crippen molar-refractivity contribution in [3.8, 4) is 0 Å². The van der Waals surface area contributed by atoms with Gasteiger partial charge in [0.05, 0.1) is 6.61 Å². The molecular weight excluding hydrogens is 362 g/mol. The largest absolute Gasteiger partial charge is 0.463 e. The molecule has 0 spiro atoms. The molecule has 0 radical (unpaired) electrons. The fourth-order valence-corrected chi connectivity index (χ4v) is 2.60. The number of carbonyl (C=O) groups is 4. The first kappa shape index (κ1) is 22.6. The molecule has 1 fully saturated rings. The number of carbonyl (C=O) groups excluding carboxylic acids is 4. The maximum Gasteiger partial charge on any atom is 0.303 e. The number of rotatable bonds is 8. The van der Waals surface area contributed by atoms with E-state index in [0.717, 1.165) is 0 Å². The van der Waals surface area contributed by atoms with Crippen molar-refractivity contribution in [2.75, 3.05) is 13.2 Å². The molecule has 1 aliphatic heterocycles. The first-order chi connectivity index (χ1) is 12.6. The molecule has 1 amide bonds. The minimum absolute atomic E-state index is 0.0755. The molecule has 10 nitrogen and oxygen atoms in total. The van der Waals surface area contributed by atoms with Crippen molar-refractivity contribution in [2.45, 2.75) is 58.3 Å². The lowest BCUT2D eigenvalue weighted by Crippen LogP contribution is -2.66. The highest BCUT2D eigenvalue weighted by Crippen LogP contribution is 2.27. The van der Waals surface area contributed by atoms with E-state index in [9.17, 15) is 19.2 Å². The molecule has 27 heavy (non-hydrogen) atoms. The van der Waals surface area contributed by atoms with Crippen LogP contribution in [0.3, 0.4) is 0 Å². The molecule has 0 aromatic heterocycles. The monoisotopic (exact) mass is 387 g/mol. The van der Waals surface area contributed by atoms with Gasteiger partial charge in [-0.25, -0.2) is 0 Å². The summed E-state index contributed by atoms with van der Waals surface area (Å²) >= 11 is 0. The Hall–Kier alpha value is -2.46. The lowest BCUT2D eigenvalue weighted by atomic mass is 9.96. The van der Waals surface area contributed by atoms with Crippen molar-refractivity contribution >= 4 is 23.8 Å². The highest BCUT2D eigenvalue weighted by molar-refractivity contribution is 5.73. The van der Waals surface area contributed by atoms with E-state index in [1.54, 1.807) is 0 Å². The van der Waals surface area contributed by atoms with E-state index in [2.05, 4.69) is 11.9 Å². The number of ether oxygens (including phenoxy) is 5. The van der Waals surface area contributed by atoms with E-state index in [1.807, 2.05) is 0 Å². The van der Waals surface area contributed by atoms with Gasteiger partial charge in [-0.3, -0.25) is 19.2 Å². The van der Waals surface area contributed by atoms with E-state index in [-0.39, 0.29) is 13.2 Å². The standard InChI is InChI=1S/C17H25NO9/c1-6-7-23-17-14(18-9(2)19)16(26-12(5)22)15(25-11(4)21)13(27-17)8-24-10(3)20/h6,13-17H,1,7-8H2,2-5H3,(H,18,19)/t13?,14?,15-,16?,17-/m1/s1. The molecule has 152 valence electrons. The number of hydrogen-bond acceptors (Lipinski definition) is 9. The summed E-state index contributed by atoms with van der Waals surface area (Å²) in [4.78, 5) is 46.0. The van der Waals surface area contributed by atoms with E-state index in [1.165, 1.54) is 33.8 Å². The molecule has 0 aliphatic carbocycles. The SMILES string of the molecule is C=CCO[C@@H]1OC(COC(C)=O)[C@@H](OC(C)=O)C(OC(C)=O)C1NC(C)=O. The van der Waals surface area contributed by atoms with Crippen LogP contribution in [0.2, 0.25) is 0 Å². The summed E-state index contributed by atoms with van der Waals surface area (Å²) < 4.78 is 26.8. The van der Waals surface area contributed by atoms with Crippen molar-refractivity contribution in [3.63, 3.8) is 0 Å². The van der Waals surface area contributed by atoms with Crippen LogP contribution < -0.4 is 5.32 Å². The fourth-order valence-electron chi connectivity index (χ4n) is 2.60. The maximum absolute atomic E-state index is 11.6. The maximum atomic E-state index is 11.6. The van der Waals surface area contributed by atoms with Crippen LogP contribution in [0.1, 0.15) is 27.7 Å². The van der Waals surface area contributed by atoms with Crippen molar-refractivity contribution in [1.29, 1.82) is 0 Å². The second kappa shape index (κ2) is 10.6. The third-order valence-electron chi connectivity index (χ3n) is 3.45. The zero-order valence-electron chi connectivity index (χ0n) is 15.8. The molecule has 0 aromatic carbocycles. The van der Waals surface area contributed by atoms with Crippen LogP contribution in [0, 0.1) is 0 Å². The normalized spacial score (nSPS) is 27.2. The fraction of sp³-hybridized carbons (Fsp3) is 0.647. The van der Waals surface area contributed by atoms with Crippen LogP contribution in [-0.4, -0.2) is 67.7 Å². The van der Waals surface area contributed by atoms with Gasteiger partial charge in [0.15, 0.2) is 18.5 Å². The number of esters is 3. The van der Waals surface area contributed by atoms with Gasteiger partial charge >= 0.3 is 17.9 Å². The molecule has 1 rings (SSSR count). The minimum Gasteiger partial charge on any atom is -0.463 e. The topological polar surface area (TPSA) is 126 Å². The average Bonchev–Trinajstić information content (AvgIpc) is 2.54. The zero-order chi connectivity index (χ0) is 20.6. The molecule has 3 unspecified atom stereocenters. The first-order valence-electron chi connectivity index (χ1n) is 8.28. The molecular formula is C17H25NO9. The first-order valence-corrected chi connectivity index (χ1v) is 8.28. The van der Waals surface area contributed by atoms with Gasteiger partial charge in [-0.2, -0.15) is 0 Å². The third-order valence-corrected chi connectivity index (χ3v) is 3.45. The van der Waals surface area contributed by atoms with Crippen molar-refractivity contribution in [1.82, 2.24) is 5.32 Å². The number of nitrogens with one attached hydrogen (secondary N) is 1. The predicted octanol–water partition coefficient (Wildman–Crippen LogP) is -0.155. The van der Waals surface area contributed by atoms with Crippen LogP contribution in [0.4, 0.5) is 0 Å². The second-order valence-corrected chi connectivity index (χ2v) is 5.84. The van der Waals surface area contributed by atoms with Gasteiger partial charge < -0.3 is 29.0 Å². The van der Waals surface area contributed by atoms with Crippen LogP contribution >= 0.6 is 0 Å². The summed E-state index contributed by atoms with van der Waals surface area (Å²) in [6, 6.07) is -0.968. The van der Waals surface area contributed by atoms with E-state index in [4.69, 9.17) is 23.7 Å². The van der Waals surface area contributed by atoms with Crippen LogP contribution in [-0.2, 0) is 42.9 Å². The molecule has 10 heteroatoms. The van der Waals surface area contributed by atoms with Gasteiger partial charge in [0, 0.05) is 27.7 Å². The predicted molar refractivity (Wildman–Crippen MR) is 90.2 cm³/mol. The zero-order valence-corrected chi connectivity index (χ0v) is 15.8. The molecule has 1 saturated heterocycles. The summed E-state index contributed by atoms with van der Waals surface area (Å²) in [6.07, 6.45) is -2.84. The summed E-state index contributed by atoms with van der Waals surface area (Å²) in [5.41, 5.74) is 0. The molecule has 0 aromatic rings. The van der Waals surface area contributed by atoms with Gasteiger partial charge in [-0.05, 0) is 0 Å². The summed E-state index contributed by atoms with van der Waals surface area (Å²) in [6.45, 7) is 8.16. The smallest absolute Gasteiger partial charge is 0.303 e. The average molecular weight is 387 g/mol. The Balaban J connectivity index is 3.24. The van der Waals surface area contributed by atoms with Gasteiger partial charge in [0.25, 0.3) is 0 Å². The summed E-state index contributed by atoms with van der Waals surface area (Å²) in [7, 11) is 0. The number of amides is 1. The van der Waals surface area contributed by atoms with Crippen molar-refractivity contribution < 1.29 is 42.9 Å². The Morgan fingerprint density at radius 1 is 1.00 bits per heavy atom. The Bertz CT molecular complexity index is 577. The molecule has 1 N–H and O–H groups in total.